The quantitative estimate of drug-likeness (QED) is 0.687. The Morgan fingerprint density at radius 2 is 2.16 bits per heavy atom. The summed E-state index contributed by atoms with van der Waals surface area (Å²) in [4.78, 5) is 11.5. The van der Waals surface area contributed by atoms with E-state index in [1.54, 1.807) is 25.3 Å². The molecule has 0 aromatic heterocycles. The van der Waals surface area contributed by atoms with Crippen molar-refractivity contribution in [1.82, 2.24) is 0 Å². The van der Waals surface area contributed by atoms with Crippen molar-refractivity contribution in [3.05, 3.63) is 18.2 Å². The minimum atomic E-state index is -0.236. The lowest BCUT2D eigenvalue weighted by Crippen LogP contribution is -2.20. The van der Waals surface area contributed by atoms with Crippen LogP contribution in [-0.4, -0.2) is 39.4 Å². The molecule has 6 nitrogen and oxygen atoms in total. The number of ether oxygens (including phenoxy) is 3. The second-order valence-electron chi connectivity index (χ2n) is 3.69. The van der Waals surface area contributed by atoms with Gasteiger partial charge in [-0.05, 0) is 19.1 Å². The van der Waals surface area contributed by atoms with Gasteiger partial charge in [-0.3, -0.25) is 4.79 Å². The zero-order valence-corrected chi connectivity index (χ0v) is 11.3. The zero-order chi connectivity index (χ0) is 14.1. The van der Waals surface area contributed by atoms with Gasteiger partial charge in [-0.25, -0.2) is 0 Å². The van der Waals surface area contributed by atoms with Gasteiger partial charge in [0.1, 0.15) is 6.61 Å². The molecule has 1 rings (SSSR count). The van der Waals surface area contributed by atoms with Crippen LogP contribution in [0.25, 0.3) is 0 Å². The van der Waals surface area contributed by atoms with E-state index >= 15 is 0 Å². The topological polar surface area (TPSA) is 82.8 Å². The summed E-state index contributed by atoms with van der Waals surface area (Å²) in [6.45, 7) is 3.18. The molecular weight excluding hydrogens is 248 g/mol. The van der Waals surface area contributed by atoms with Gasteiger partial charge in [-0.1, -0.05) is 0 Å². The van der Waals surface area contributed by atoms with Crippen LogP contribution in [0.1, 0.15) is 6.92 Å². The maximum Gasteiger partial charge on any atom is 0.250 e. The van der Waals surface area contributed by atoms with Gasteiger partial charge >= 0.3 is 0 Å². The summed E-state index contributed by atoms with van der Waals surface area (Å²) in [6.07, 6.45) is 0. The number of amides is 1. The van der Waals surface area contributed by atoms with E-state index in [9.17, 15) is 4.79 Å². The highest BCUT2D eigenvalue weighted by Gasteiger charge is 2.07. The fourth-order valence-electron chi connectivity index (χ4n) is 1.47. The second-order valence-corrected chi connectivity index (χ2v) is 3.69. The lowest BCUT2D eigenvalue weighted by Gasteiger charge is -2.11. The monoisotopic (exact) mass is 268 g/mol. The molecule has 0 aliphatic heterocycles. The number of carbonyl (C=O) groups excluding carboxylic acids is 1. The van der Waals surface area contributed by atoms with E-state index in [4.69, 9.17) is 19.9 Å². The number of nitrogens with two attached hydrogens (primary N) is 1. The number of anilines is 1. The number of carbonyl (C=O) groups is 1. The van der Waals surface area contributed by atoms with Crippen molar-refractivity contribution in [2.45, 2.75) is 6.92 Å². The summed E-state index contributed by atoms with van der Waals surface area (Å²) < 4.78 is 15.6. The van der Waals surface area contributed by atoms with E-state index in [-0.39, 0.29) is 12.5 Å². The van der Waals surface area contributed by atoms with E-state index in [2.05, 4.69) is 5.32 Å². The molecule has 19 heavy (non-hydrogen) atoms. The minimum absolute atomic E-state index is 0.0211. The standard InChI is InChI=1S/C13H20N2O4/c1-3-19-11-5-4-10(8-12(11)17-2)15-13(16)9-18-7-6-14/h4-5,8H,3,6-7,9,14H2,1-2H3,(H,15,16). The molecule has 0 spiro atoms. The molecule has 0 heterocycles. The lowest BCUT2D eigenvalue weighted by atomic mass is 10.2. The highest BCUT2D eigenvalue weighted by atomic mass is 16.5. The third-order valence-corrected chi connectivity index (χ3v) is 2.24. The van der Waals surface area contributed by atoms with Crippen molar-refractivity contribution in [1.29, 1.82) is 0 Å². The van der Waals surface area contributed by atoms with E-state index in [0.717, 1.165) is 0 Å². The largest absolute Gasteiger partial charge is 0.493 e. The zero-order valence-electron chi connectivity index (χ0n) is 11.3. The molecule has 0 aliphatic rings. The average molecular weight is 268 g/mol. The first kappa shape index (κ1) is 15.3. The van der Waals surface area contributed by atoms with Gasteiger partial charge in [0.05, 0.1) is 20.3 Å². The molecule has 0 saturated heterocycles. The summed E-state index contributed by atoms with van der Waals surface area (Å²) in [6, 6.07) is 5.19. The van der Waals surface area contributed by atoms with Crippen molar-refractivity contribution >= 4 is 11.6 Å². The molecule has 0 saturated carbocycles. The third-order valence-electron chi connectivity index (χ3n) is 2.24. The Morgan fingerprint density at radius 3 is 2.79 bits per heavy atom. The Hall–Kier alpha value is -1.79. The molecule has 1 aromatic rings. The predicted molar refractivity (Wildman–Crippen MR) is 72.7 cm³/mol. The molecule has 0 atom stereocenters. The van der Waals surface area contributed by atoms with E-state index in [0.29, 0.717) is 36.9 Å². The maximum absolute atomic E-state index is 11.5. The fraction of sp³-hybridized carbons (Fsp3) is 0.462. The van der Waals surface area contributed by atoms with Crippen LogP contribution < -0.4 is 20.5 Å². The number of nitrogens with one attached hydrogen (secondary N) is 1. The first-order chi connectivity index (χ1) is 9.21. The van der Waals surface area contributed by atoms with Crippen molar-refractivity contribution in [2.75, 3.05) is 38.8 Å². The molecule has 0 fully saturated rings. The van der Waals surface area contributed by atoms with Crippen molar-refractivity contribution < 1.29 is 19.0 Å². The van der Waals surface area contributed by atoms with Gasteiger partial charge in [-0.2, -0.15) is 0 Å². The number of rotatable bonds is 8. The first-order valence-electron chi connectivity index (χ1n) is 6.09. The van der Waals surface area contributed by atoms with Gasteiger partial charge in [0, 0.05) is 18.3 Å². The van der Waals surface area contributed by atoms with E-state index in [1.165, 1.54) is 0 Å². The van der Waals surface area contributed by atoms with Gasteiger partial charge < -0.3 is 25.3 Å². The SMILES string of the molecule is CCOc1ccc(NC(=O)COCCN)cc1OC. The second kappa shape index (κ2) is 8.34. The maximum atomic E-state index is 11.5. The fourth-order valence-corrected chi connectivity index (χ4v) is 1.47. The number of hydrogen-bond acceptors (Lipinski definition) is 5. The summed E-state index contributed by atoms with van der Waals surface area (Å²) in [5.41, 5.74) is 5.89. The smallest absolute Gasteiger partial charge is 0.250 e. The van der Waals surface area contributed by atoms with Crippen LogP contribution in [0.4, 0.5) is 5.69 Å². The molecule has 6 heteroatoms. The van der Waals surface area contributed by atoms with Crippen molar-refractivity contribution in [3.63, 3.8) is 0 Å². The summed E-state index contributed by atoms with van der Waals surface area (Å²) in [5, 5.41) is 2.70. The normalized spacial score (nSPS) is 10.1. The Kier molecular flexibility index (Phi) is 6.70. The predicted octanol–water partition coefficient (Wildman–Crippen LogP) is 1.01. The average Bonchev–Trinajstić information content (AvgIpc) is 2.41. The van der Waals surface area contributed by atoms with Gasteiger partial charge in [0.2, 0.25) is 5.91 Å². The molecule has 1 aromatic carbocycles. The lowest BCUT2D eigenvalue weighted by molar-refractivity contribution is -0.120. The van der Waals surface area contributed by atoms with Crippen molar-refractivity contribution in [2.24, 2.45) is 5.73 Å². The Labute approximate surface area is 112 Å². The summed E-state index contributed by atoms with van der Waals surface area (Å²) >= 11 is 0. The van der Waals surface area contributed by atoms with Crippen LogP contribution in [0.5, 0.6) is 11.5 Å². The van der Waals surface area contributed by atoms with Crippen LogP contribution in [0, 0.1) is 0 Å². The Bertz CT molecular complexity index is 410. The number of hydrogen-bond donors (Lipinski definition) is 2. The minimum Gasteiger partial charge on any atom is -0.493 e. The summed E-state index contributed by atoms with van der Waals surface area (Å²) in [5.74, 6) is 0.976. The molecule has 0 bridgehead atoms. The highest BCUT2D eigenvalue weighted by molar-refractivity contribution is 5.92. The highest BCUT2D eigenvalue weighted by Crippen LogP contribution is 2.30. The van der Waals surface area contributed by atoms with Crippen LogP contribution >= 0.6 is 0 Å². The van der Waals surface area contributed by atoms with Gasteiger partial charge in [-0.15, -0.1) is 0 Å². The van der Waals surface area contributed by atoms with Gasteiger partial charge in [0.15, 0.2) is 11.5 Å². The first-order valence-corrected chi connectivity index (χ1v) is 6.09. The van der Waals surface area contributed by atoms with Gasteiger partial charge in [0.25, 0.3) is 0 Å². The molecule has 1 amide bonds. The molecule has 0 aliphatic carbocycles. The third kappa shape index (κ3) is 5.15. The molecular formula is C13H20N2O4. The molecule has 0 unspecified atom stereocenters. The van der Waals surface area contributed by atoms with E-state index in [1.807, 2.05) is 6.92 Å². The Morgan fingerprint density at radius 1 is 1.37 bits per heavy atom. The number of methoxy groups -OCH3 is 1. The van der Waals surface area contributed by atoms with Crippen LogP contribution in [0.3, 0.4) is 0 Å². The van der Waals surface area contributed by atoms with Crippen LogP contribution in [-0.2, 0) is 9.53 Å². The molecule has 106 valence electrons. The summed E-state index contributed by atoms with van der Waals surface area (Å²) in [7, 11) is 1.55. The Balaban J connectivity index is 2.61. The van der Waals surface area contributed by atoms with E-state index < -0.39 is 0 Å². The van der Waals surface area contributed by atoms with Crippen LogP contribution in [0.15, 0.2) is 18.2 Å². The van der Waals surface area contributed by atoms with Crippen LogP contribution in [0.2, 0.25) is 0 Å². The van der Waals surface area contributed by atoms with Crippen molar-refractivity contribution in [3.8, 4) is 11.5 Å². The number of benzene rings is 1. The molecule has 0 radical (unpaired) electrons. The molecule has 3 N–H and O–H groups in total.